The van der Waals surface area contributed by atoms with Gasteiger partial charge in [-0.2, -0.15) is 0 Å². The molecule has 1 unspecified atom stereocenters. The van der Waals surface area contributed by atoms with Crippen molar-refractivity contribution < 1.29 is 13.6 Å². The fourth-order valence-electron chi connectivity index (χ4n) is 3.34. The second kappa shape index (κ2) is 7.74. The first kappa shape index (κ1) is 19.5. The molecule has 1 aliphatic rings. The Balaban J connectivity index is 1.81. The lowest BCUT2D eigenvalue weighted by molar-refractivity contribution is -0.128. The van der Waals surface area contributed by atoms with Crippen LogP contribution in [0.2, 0.25) is 0 Å². The molecule has 1 amide bonds. The maximum Gasteiger partial charge on any atom is 0.297 e. The van der Waals surface area contributed by atoms with Gasteiger partial charge in [0.2, 0.25) is 5.91 Å². The molecule has 0 saturated carbocycles. The number of carbonyl (C=O) groups is 1. The number of hydrogen-bond donors (Lipinski definition) is 1. The van der Waals surface area contributed by atoms with Crippen molar-refractivity contribution in [3.63, 3.8) is 0 Å². The third-order valence-corrected chi connectivity index (χ3v) is 4.85. The maximum absolute atomic E-state index is 13.2. The molecule has 146 valence electrons. The van der Waals surface area contributed by atoms with Gasteiger partial charge in [0, 0.05) is 30.4 Å². The van der Waals surface area contributed by atoms with Gasteiger partial charge in [0.05, 0.1) is 5.52 Å². The quantitative estimate of drug-likeness (QED) is 0.878. The van der Waals surface area contributed by atoms with Crippen LogP contribution in [0.1, 0.15) is 45.9 Å². The number of piperidine rings is 1. The Hall–Kier alpha value is -2.31. The van der Waals surface area contributed by atoms with Crippen LogP contribution >= 0.6 is 0 Å². The zero-order valence-electron chi connectivity index (χ0n) is 16.0. The number of fused-ring (bicyclic) bond motifs is 1. The molecular weight excluding hydrogens is 350 g/mol. The zero-order valence-corrected chi connectivity index (χ0v) is 16.0. The molecule has 5 nitrogen and oxygen atoms in total. The molecule has 0 spiro atoms. The number of amides is 1. The summed E-state index contributed by atoms with van der Waals surface area (Å²) in [6.07, 6.45) is -0.788. The number of halogens is 2. The highest BCUT2D eigenvalue weighted by Crippen LogP contribution is 2.30. The van der Waals surface area contributed by atoms with Crippen molar-refractivity contribution in [3.05, 3.63) is 30.1 Å². The van der Waals surface area contributed by atoms with Crippen molar-refractivity contribution in [2.45, 2.75) is 40.0 Å². The van der Waals surface area contributed by atoms with Gasteiger partial charge in [-0.25, -0.2) is 18.7 Å². The van der Waals surface area contributed by atoms with Gasteiger partial charge in [-0.05, 0) is 30.9 Å². The molecule has 1 saturated heterocycles. The molecule has 2 aromatic rings. The van der Waals surface area contributed by atoms with Crippen LogP contribution in [-0.2, 0) is 4.79 Å². The number of benzene rings is 1. The van der Waals surface area contributed by atoms with E-state index in [0.29, 0.717) is 24.4 Å². The number of nitrogens with one attached hydrogen (secondary N) is 1. The SMILES string of the molecule is CC(C)(C)C(=O)NCC1CCCN(c2nc(C(F)F)nc3ccccc23)C1. The molecular formula is C20H26F2N4O. The maximum atomic E-state index is 13.2. The van der Waals surface area contributed by atoms with Crippen LogP contribution in [-0.4, -0.2) is 35.5 Å². The Morgan fingerprint density at radius 2 is 2.04 bits per heavy atom. The van der Waals surface area contributed by atoms with E-state index in [9.17, 15) is 13.6 Å². The summed E-state index contributed by atoms with van der Waals surface area (Å²) in [5, 5.41) is 3.79. The number of rotatable bonds is 4. The van der Waals surface area contributed by atoms with Gasteiger partial charge in [-0.3, -0.25) is 4.79 Å². The highest BCUT2D eigenvalue weighted by atomic mass is 19.3. The monoisotopic (exact) mass is 376 g/mol. The summed E-state index contributed by atoms with van der Waals surface area (Å²) in [7, 11) is 0. The predicted molar refractivity (Wildman–Crippen MR) is 102 cm³/mol. The summed E-state index contributed by atoms with van der Waals surface area (Å²) in [4.78, 5) is 22.3. The minimum absolute atomic E-state index is 0.0205. The summed E-state index contributed by atoms with van der Waals surface area (Å²) in [6.45, 7) is 7.66. The van der Waals surface area contributed by atoms with E-state index in [-0.39, 0.29) is 11.8 Å². The minimum Gasteiger partial charge on any atom is -0.356 e. The lowest BCUT2D eigenvalue weighted by atomic mass is 9.94. The summed E-state index contributed by atoms with van der Waals surface area (Å²) in [5.74, 6) is 0.399. The zero-order chi connectivity index (χ0) is 19.6. The highest BCUT2D eigenvalue weighted by Gasteiger charge is 2.26. The average Bonchev–Trinajstić information content (AvgIpc) is 2.64. The van der Waals surface area contributed by atoms with Gasteiger partial charge < -0.3 is 10.2 Å². The lowest BCUT2D eigenvalue weighted by Gasteiger charge is -2.34. The van der Waals surface area contributed by atoms with Crippen molar-refractivity contribution in [1.82, 2.24) is 15.3 Å². The van der Waals surface area contributed by atoms with Crippen LogP contribution in [0.25, 0.3) is 10.9 Å². The summed E-state index contributed by atoms with van der Waals surface area (Å²) < 4.78 is 26.5. The van der Waals surface area contributed by atoms with Crippen LogP contribution in [0.4, 0.5) is 14.6 Å². The molecule has 0 aliphatic carbocycles. The molecule has 1 fully saturated rings. The van der Waals surface area contributed by atoms with Crippen molar-refractivity contribution in [2.75, 3.05) is 24.5 Å². The van der Waals surface area contributed by atoms with Crippen molar-refractivity contribution in [3.8, 4) is 0 Å². The summed E-state index contributed by atoms with van der Waals surface area (Å²) in [6, 6.07) is 7.25. The second-order valence-corrected chi connectivity index (χ2v) is 8.14. The fraction of sp³-hybridized carbons (Fsp3) is 0.550. The predicted octanol–water partition coefficient (Wildman–Crippen LogP) is 3.95. The van der Waals surface area contributed by atoms with E-state index in [1.54, 1.807) is 12.1 Å². The standard InChI is InChI=1S/C20H26F2N4O/c1-20(2,3)19(27)23-11-13-7-6-10-26(12-13)18-14-8-4-5-9-15(14)24-17(25-18)16(21)22/h4-5,8-9,13,16H,6-7,10-12H2,1-3H3,(H,23,27). The van der Waals surface area contributed by atoms with Crippen LogP contribution < -0.4 is 10.2 Å². The molecule has 0 radical (unpaired) electrons. The van der Waals surface area contributed by atoms with Crippen LogP contribution in [0.15, 0.2) is 24.3 Å². The van der Waals surface area contributed by atoms with E-state index in [0.717, 1.165) is 24.8 Å². The number of para-hydroxylation sites is 1. The Labute approximate surface area is 158 Å². The van der Waals surface area contributed by atoms with E-state index in [1.807, 2.05) is 37.8 Å². The number of alkyl halides is 2. The molecule has 1 aliphatic heterocycles. The fourth-order valence-corrected chi connectivity index (χ4v) is 3.34. The molecule has 3 rings (SSSR count). The highest BCUT2D eigenvalue weighted by molar-refractivity contribution is 5.89. The Kier molecular flexibility index (Phi) is 5.58. The van der Waals surface area contributed by atoms with Crippen LogP contribution in [0.3, 0.4) is 0 Å². The molecule has 1 aromatic heterocycles. The molecule has 1 atom stereocenters. The van der Waals surface area contributed by atoms with E-state index >= 15 is 0 Å². The molecule has 1 N–H and O–H groups in total. The van der Waals surface area contributed by atoms with Gasteiger partial charge in [0.15, 0.2) is 5.82 Å². The van der Waals surface area contributed by atoms with Crippen molar-refractivity contribution >= 4 is 22.6 Å². The lowest BCUT2D eigenvalue weighted by Crippen LogP contribution is -2.43. The Morgan fingerprint density at radius 1 is 1.30 bits per heavy atom. The van der Waals surface area contributed by atoms with Crippen LogP contribution in [0.5, 0.6) is 0 Å². The van der Waals surface area contributed by atoms with Gasteiger partial charge in [0.1, 0.15) is 5.82 Å². The largest absolute Gasteiger partial charge is 0.356 e. The first-order valence-electron chi connectivity index (χ1n) is 9.34. The van der Waals surface area contributed by atoms with Gasteiger partial charge in [-0.1, -0.05) is 32.9 Å². The number of aromatic nitrogens is 2. The normalized spacial score (nSPS) is 18.1. The minimum atomic E-state index is -2.71. The summed E-state index contributed by atoms with van der Waals surface area (Å²) >= 11 is 0. The third-order valence-electron chi connectivity index (χ3n) is 4.85. The van der Waals surface area contributed by atoms with Crippen LogP contribution in [0, 0.1) is 11.3 Å². The summed E-state index contributed by atoms with van der Waals surface area (Å²) in [5.41, 5.74) is 0.101. The number of anilines is 1. The van der Waals surface area contributed by atoms with E-state index in [2.05, 4.69) is 15.3 Å². The van der Waals surface area contributed by atoms with E-state index in [1.165, 1.54) is 0 Å². The van der Waals surface area contributed by atoms with Crippen molar-refractivity contribution in [2.24, 2.45) is 11.3 Å². The van der Waals surface area contributed by atoms with Gasteiger partial charge in [-0.15, -0.1) is 0 Å². The molecule has 0 bridgehead atoms. The molecule has 27 heavy (non-hydrogen) atoms. The van der Waals surface area contributed by atoms with E-state index in [4.69, 9.17) is 0 Å². The average molecular weight is 376 g/mol. The molecule has 1 aromatic carbocycles. The number of hydrogen-bond acceptors (Lipinski definition) is 4. The smallest absolute Gasteiger partial charge is 0.297 e. The number of nitrogens with zero attached hydrogens (tertiary/aromatic N) is 3. The Morgan fingerprint density at radius 3 is 2.74 bits per heavy atom. The second-order valence-electron chi connectivity index (χ2n) is 8.14. The molecule has 2 heterocycles. The molecule has 7 heteroatoms. The Bertz CT molecular complexity index is 819. The van der Waals surface area contributed by atoms with Crippen molar-refractivity contribution in [1.29, 1.82) is 0 Å². The van der Waals surface area contributed by atoms with Gasteiger partial charge in [0.25, 0.3) is 6.43 Å². The topological polar surface area (TPSA) is 58.1 Å². The van der Waals surface area contributed by atoms with E-state index < -0.39 is 17.7 Å². The first-order chi connectivity index (χ1) is 12.8. The third kappa shape index (κ3) is 4.51. The number of carbonyl (C=O) groups excluding carboxylic acids is 1. The first-order valence-corrected chi connectivity index (χ1v) is 9.34. The van der Waals surface area contributed by atoms with Gasteiger partial charge >= 0.3 is 0 Å².